The monoisotopic (exact) mass is 673 g/mol. The topological polar surface area (TPSA) is 118 Å². The standard InChI is InChI=1S/C35H29Cl2N3O5S/c1-44-31-19-29(32(45-2)18-28(31)37)39-33(42)21-46-35(40-34(43)23-13-7-4-8-14-23)26(20-38)25(24-15-9-10-16-27(24)36)17-30(41)22-11-5-3-6-12-22/h3-16,18-19,25H,17,21H2,1-2H3,(H,39,42)(H,40,43)/b35-26+/t25-/m0/s1. The maximum Gasteiger partial charge on any atom is 0.256 e. The Morgan fingerprint density at radius 2 is 1.43 bits per heavy atom. The van der Waals surface area contributed by atoms with Gasteiger partial charge in [0.15, 0.2) is 5.78 Å². The van der Waals surface area contributed by atoms with Gasteiger partial charge in [-0.2, -0.15) is 5.26 Å². The quantitative estimate of drug-likeness (QED) is 0.109. The van der Waals surface area contributed by atoms with E-state index in [4.69, 9.17) is 32.7 Å². The normalized spacial score (nSPS) is 11.8. The van der Waals surface area contributed by atoms with E-state index < -0.39 is 17.7 Å². The smallest absolute Gasteiger partial charge is 0.256 e. The molecular formula is C35H29Cl2N3O5S. The molecule has 0 spiro atoms. The number of carbonyl (C=O) groups excluding carboxylic acids is 3. The van der Waals surface area contributed by atoms with E-state index in [1.54, 1.807) is 84.9 Å². The van der Waals surface area contributed by atoms with E-state index >= 15 is 0 Å². The first-order chi connectivity index (χ1) is 22.2. The maximum atomic E-state index is 13.5. The third-order valence-corrected chi connectivity index (χ3v) is 8.49. The number of nitrogens with zero attached hydrogens (tertiary/aromatic N) is 1. The van der Waals surface area contributed by atoms with Gasteiger partial charge in [0.2, 0.25) is 5.91 Å². The molecule has 4 aromatic carbocycles. The summed E-state index contributed by atoms with van der Waals surface area (Å²) in [5.41, 5.74) is 1.72. The minimum Gasteiger partial charge on any atom is -0.495 e. The van der Waals surface area contributed by atoms with Crippen LogP contribution in [-0.4, -0.2) is 37.6 Å². The first kappa shape index (κ1) is 34.1. The molecule has 11 heteroatoms. The zero-order valence-corrected chi connectivity index (χ0v) is 27.2. The van der Waals surface area contributed by atoms with Gasteiger partial charge >= 0.3 is 0 Å². The number of hydrogen-bond donors (Lipinski definition) is 2. The molecule has 0 heterocycles. The van der Waals surface area contributed by atoms with Gasteiger partial charge in [-0.1, -0.05) is 102 Å². The van der Waals surface area contributed by atoms with Crippen LogP contribution in [0.15, 0.2) is 108 Å². The second kappa shape index (κ2) is 16.5. The van der Waals surface area contributed by atoms with Gasteiger partial charge in [-0.15, -0.1) is 0 Å². The highest BCUT2D eigenvalue weighted by atomic mass is 35.5. The van der Waals surface area contributed by atoms with Crippen LogP contribution in [0.5, 0.6) is 11.5 Å². The van der Waals surface area contributed by atoms with Crippen molar-refractivity contribution in [2.75, 3.05) is 25.3 Å². The van der Waals surface area contributed by atoms with E-state index in [2.05, 4.69) is 16.7 Å². The SMILES string of the molecule is COc1cc(NC(=O)CS/C(NC(=O)c2ccccc2)=C(\C#N)[C@@H](CC(=O)c2ccccc2)c2ccccc2Cl)c(OC)cc1Cl. The predicted molar refractivity (Wildman–Crippen MR) is 182 cm³/mol. The fourth-order valence-electron chi connectivity index (χ4n) is 4.57. The Bertz CT molecular complexity index is 1790. The summed E-state index contributed by atoms with van der Waals surface area (Å²) in [4.78, 5) is 40.1. The minimum atomic E-state index is -0.839. The maximum absolute atomic E-state index is 13.5. The third-order valence-electron chi connectivity index (χ3n) is 6.84. The van der Waals surface area contributed by atoms with Crippen molar-refractivity contribution in [1.29, 1.82) is 5.26 Å². The summed E-state index contributed by atoms with van der Waals surface area (Å²) in [6.07, 6.45) is -0.115. The van der Waals surface area contributed by atoms with Gasteiger partial charge in [-0.3, -0.25) is 14.4 Å². The number of benzene rings is 4. The third kappa shape index (κ3) is 8.70. The van der Waals surface area contributed by atoms with E-state index in [-0.39, 0.29) is 28.6 Å². The summed E-state index contributed by atoms with van der Waals surface area (Å²) in [5, 5.41) is 16.9. The fraction of sp³-hybridized carbons (Fsp3) is 0.143. The highest BCUT2D eigenvalue weighted by molar-refractivity contribution is 8.03. The molecule has 0 saturated heterocycles. The van der Waals surface area contributed by atoms with Gasteiger partial charge < -0.3 is 20.1 Å². The van der Waals surface area contributed by atoms with Gasteiger partial charge in [0.05, 0.1) is 47.4 Å². The lowest BCUT2D eigenvalue weighted by molar-refractivity contribution is -0.113. The van der Waals surface area contributed by atoms with Crippen LogP contribution in [0.4, 0.5) is 5.69 Å². The number of hydrogen-bond acceptors (Lipinski definition) is 7. The van der Waals surface area contributed by atoms with Gasteiger partial charge in [0.1, 0.15) is 11.5 Å². The molecule has 8 nitrogen and oxygen atoms in total. The van der Waals surface area contributed by atoms with Crippen LogP contribution in [-0.2, 0) is 4.79 Å². The average Bonchev–Trinajstić information content (AvgIpc) is 3.08. The lowest BCUT2D eigenvalue weighted by Crippen LogP contribution is -2.26. The number of ether oxygens (including phenoxy) is 2. The molecule has 46 heavy (non-hydrogen) atoms. The molecule has 0 unspecified atom stereocenters. The van der Waals surface area contributed by atoms with Crippen molar-refractivity contribution < 1.29 is 23.9 Å². The number of amides is 2. The van der Waals surface area contributed by atoms with E-state index in [1.807, 2.05) is 0 Å². The number of rotatable bonds is 13. The highest BCUT2D eigenvalue weighted by Gasteiger charge is 2.28. The van der Waals surface area contributed by atoms with Crippen molar-refractivity contribution in [2.45, 2.75) is 12.3 Å². The van der Waals surface area contributed by atoms with Gasteiger partial charge in [0, 0.05) is 40.6 Å². The molecule has 0 aliphatic heterocycles. The lowest BCUT2D eigenvalue weighted by atomic mass is 9.86. The van der Waals surface area contributed by atoms with Gasteiger partial charge in [-0.05, 0) is 23.8 Å². The number of halogens is 2. The predicted octanol–water partition coefficient (Wildman–Crippen LogP) is 7.90. The van der Waals surface area contributed by atoms with Crippen molar-refractivity contribution in [1.82, 2.24) is 5.32 Å². The van der Waals surface area contributed by atoms with Crippen molar-refractivity contribution in [3.05, 3.63) is 134 Å². The summed E-state index contributed by atoms with van der Waals surface area (Å²) < 4.78 is 10.6. The van der Waals surface area contributed by atoms with Crippen LogP contribution >= 0.6 is 35.0 Å². The Balaban J connectivity index is 1.73. The molecular weight excluding hydrogens is 645 g/mol. The number of thioether (sulfide) groups is 1. The molecule has 0 bridgehead atoms. The van der Waals surface area contributed by atoms with Crippen LogP contribution in [0, 0.1) is 11.3 Å². The van der Waals surface area contributed by atoms with E-state index in [9.17, 15) is 19.6 Å². The number of ketones is 1. The van der Waals surface area contributed by atoms with Crippen molar-refractivity contribution in [3.63, 3.8) is 0 Å². The number of methoxy groups -OCH3 is 2. The number of allylic oxidation sites excluding steroid dienone is 1. The molecule has 0 aromatic heterocycles. The lowest BCUT2D eigenvalue weighted by Gasteiger charge is -2.21. The van der Waals surface area contributed by atoms with Crippen LogP contribution in [0.2, 0.25) is 10.0 Å². The Labute approximate surface area is 281 Å². The number of carbonyl (C=O) groups is 3. The Morgan fingerprint density at radius 3 is 2.04 bits per heavy atom. The second-order valence-electron chi connectivity index (χ2n) is 9.77. The van der Waals surface area contributed by atoms with Crippen molar-refractivity contribution >= 4 is 58.2 Å². The summed E-state index contributed by atoms with van der Waals surface area (Å²) in [6.45, 7) is 0. The van der Waals surface area contributed by atoms with Crippen molar-refractivity contribution in [3.8, 4) is 17.6 Å². The van der Waals surface area contributed by atoms with E-state index in [0.717, 1.165) is 11.8 Å². The molecule has 2 N–H and O–H groups in total. The average molecular weight is 675 g/mol. The van der Waals surface area contributed by atoms with E-state index in [0.29, 0.717) is 43.9 Å². The van der Waals surface area contributed by atoms with Gasteiger partial charge in [-0.25, -0.2) is 0 Å². The summed E-state index contributed by atoms with van der Waals surface area (Å²) in [7, 11) is 2.89. The second-order valence-corrected chi connectivity index (χ2v) is 11.6. The largest absolute Gasteiger partial charge is 0.495 e. The number of Topliss-reactive ketones (excluding diaryl/α,β-unsaturated/α-hetero) is 1. The molecule has 0 aliphatic rings. The molecule has 0 saturated carbocycles. The molecule has 2 amide bonds. The summed E-state index contributed by atoms with van der Waals surface area (Å²) in [5.74, 6) is -1.59. The van der Waals surface area contributed by atoms with Crippen molar-refractivity contribution in [2.24, 2.45) is 0 Å². The van der Waals surface area contributed by atoms with E-state index in [1.165, 1.54) is 26.4 Å². The summed E-state index contributed by atoms with van der Waals surface area (Å²) in [6, 6.07) is 29.3. The first-order valence-corrected chi connectivity index (χ1v) is 15.7. The summed E-state index contributed by atoms with van der Waals surface area (Å²) >= 11 is 13.8. The fourth-order valence-corrected chi connectivity index (χ4v) is 5.92. The van der Waals surface area contributed by atoms with Gasteiger partial charge in [0.25, 0.3) is 5.91 Å². The van der Waals surface area contributed by atoms with Crippen LogP contribution < -0.4 is 20.1 Å². The van der Waals surface area contributed by atoms with Crippen LogP contribution in [0.3, 0.4) is 0 Å². The molecule has 0 radical (unpaired) electrons. The highest BCUT2D eigenvalue weighted by Crippen LogP contribution is 2.38. The number of nitriles is 1. The Hall–Kier alpha value is -4.75. The molecule has 0 fully saturated rings. The zero-order chi connectivity index (χ0) is 33.1. The Kier molecular flexibility index (Phi) is 12.3. The number of anilines is 1. The number of nitrogens with one attached hydrogen (secondary N) is 2. The first-order valence-electron chi connectivity index (χ1n) is 13.9. The zero-order valence-electron chi connectivity index (χ0n) is 24.9. The van der Waals surface area contributed by atoms with Crippen LogP contribution in [0.25, 0.3) is 0 Å². The Morgan fingerprint density at radius 1 is 0.826 bits per heavy atom. The minimum absolute atomic E-state index is 0.0743. The molecule has 1 atom stereocenters. The molecule has 0 aliphatic carbocycles. The molecule has 4 aromatic rings. The van der Waals surface area contributed by atoms with Crippen LogP contribution in [0.1, 0.15) is 38.6 Å². The molecule has 4 rings (SSSR count). The molecule has 234 valence electrons.